The molecule has 22 heavy (non-hydrogen) atoms. The molecule has 0 spiro atoms. The van der Waals surface area contributed by atoms with E-state index < -0.39 is 12.0 Å². The van der Waals surface area contributed by atoms with Crippen molar-refractivity contribution in [2.75, 3.05) is 5.32 Å². The van der Waals surface area contributed by atoms with Crippen molar-refractivity contribution in [3.05, 3.63) is 29.8 Å². The molecule has 0 bridgehead atoms. The fraction of sp³-hybridized carbons (Fsp3) is 0.438. The van der Waals surface area contributed by atoms with Crippen LogP contribution < -0.4 is 10.6 Å². The summed E-state index contributed by atoms with van der Waals surface area (Å²) in [6, 6.07) is 6.03. The molecule has 1 rings (SSSR count). The van der Waals surface area contributed by atoms with Crippen LogP contribution in [0.3, 0.4) is 0 Å². The van der Waals surface area contributed by atoms with Crippen LogP contribution in [0.25, 0.3) is 0 Å². The maximum absolute atomic E-state index is 12.1. The van der Waals surface area contributed by atoms with Gasteiger partial charge in [0.05, 0.1) is 6.42 Å². The van der Waals surface area contributed by atoms with Gasteiger partial charge in [-0.3, -0.25) is 9.59 Å². The number of anilines is 1. The van der Waals surface area contributed by atoms with Gasteiger partial charge < -0.3 is 15.7 Å². The van der Waals surface area contributed by atoms with E-state index in [1.807, 2.05) is 6.92 Å². The van der Waals surface area contributed by atoms with E-state index >= 15 is 0 Å². The Bertz CT molecular complexity index is 557. The minimum atomic E-state index is -1.04. The molecule has 3 N–H and O–H groups in total. The van der Waals surface area contributed by atoms with E-state index in [1.54, 1.807) is 31.2 Å². The number of hydrogen-bond acceptors (Lipinski definition) is 3. The molecule has 6 heteroatoms. The van der Waals surface area contributed by atoms with E-state index in [-0.39, 0.29) is 24.2 Å². The second-order valence-corrected chi connectivity index (χ2v) is 5.28. The molecule has 1 aromatic rings. The molecule has 6 nitrogen and oxygen atoms in total. The Morgan fingerprint density at radius 2 is 1.86 bits per heavy atom. The average Bonchev–Trinajstić information content (AvgIpc) is 2.45. The number of rotatable bonds is 7. The van der Waals surface area contributed by atoms with E-state index in [2.05, 4.69) is 10.6 Å². The number of hydrogen-bond donors (Lipinski definition) is 3. The third-order valence-corrected chi connectivity index (χ3v) is 3.47. The fourth-order valence-electron chi connectivity index (χ4n) is 2.07. The number of carbonyl (C=O) groups is 3. The molecule has 0 aromatic heterocycles. The number of aliphatic carboxylic acids is 1. The van der Waals surface area contributed by atoms with Crippen LogP contribution >= 0.6 is 0 Å². The third-order valence-electron chi connectivity index (χ3n) is 3.47. The van der Waals surface area contributed by atoms with Gasteiger partial charge in [-0.1, -0.05) is 38.5 Å². The van der Waals surface area contributed by atoms with E-state index in [0.29, 0.717) is 17.7 Å². The van der Waals surface area contributed by atoms with Crippen molar-refractivity contribution in [2.45, 2.75) is 39.7 Å². The lowest BCUT2D eigenvalue weighted by atomic mass is 9.99. The standard InChI is InChI=1S/C16H22N2O4/c1-4-10(2)15(16(21)22)18-14(20)9-12-7-5-6-8-13(12)17-11(3)19/h5-8,10,15H,4,9H2,1-3H3,(H,17,19)(H,18,20)(H,21,22)/t10-,15-/m0/s1. The highest BCUT2D eigenvalue weighted by Gasteiger charge is 2.25. The Hall–Kier alpha value is -2.37. The number of nitrogens with one attached hydrogen (secondary N) is 2. The minimum Gasteiger partial charge on any atom is -0.480 e. The maximum Gasteiger partial charge on any atom is 0.326 e. The molecule has 0 aliphatic heterocycles. The first-order chi connectivity index (χ1) is 10.3. The van der Waals surface area contributed by atoms with Crippen LogP contribution in [0.15, 0.2) is 24.3 Å². The van der Waals surface area contributed by atoms with Gasteiger partial charge in [-0.05, 0) is 17.5 Å². The quantitative estimate of drug-likeness (QED) is 0.716. The summed E-state index contributed by atoms with van der Waals surface area (Å²) < 4.78 is 0. The molecule has 1 aromatic carbocycles. The summed E-state index contributed by atoms with van der Waals surface area (Å²) in [5.41, 5.74) is 1.20. The monoisotopic (exact) mass is 306 g/mol. The smallest absolute Gasteiger partial charge is 0.326 e. The van der Waals surface area contributed by atoms with Crippen LogP contribution in [0, 0.1) is 5.92 Å². The number of amides is 2. The first-order valence-electron chi connectivity index (χ1n) is 7.22. The van der Waals surface area contributed by atoms with Crippen molar-refractivity contribution in [3.63, 3.8) is 0 Å². The highest BCUT2D eigenvalue weighted by atomic mass is 16.4. The van der Waals surface area contributed by atoms with Crippen molar-refractivity contribution in [3.8, 4) is 0 Å². The lowest BCUT2D eigenvalue weighted by Gasteiger charge is -2.20. The molecule has 0 heterocycles. The zero-order valence-corrected chi connectivity index (χ0v) is 13.1. The molecule has 0 aliphatic rings. The zero-order valence-electron chi connectivity index (χ0n) is 13.1. The summed E-state index contributed by atoms with van der Waals surface area (Å²) >= 11 is 0. The van der Waals surface area contributed by atoms with Crippen LogP contribution in [0.5, 0.6) is 0 Å². The van der Waals surface area contributed by atoms with Gasteiger partial charge in [-0.25, -0.2) is 4.79 Å². The van der Waals surface area contributed by atoms with Gasteiger partial charge in [0.25, 0.3) is 0 Å². The Balaban J connectivity index is 2.80. The van der Waals surface area contributed by atoms with Gasteiger partial charge in [0.2, 0.25) is 11.8 Å². The predicted octanol–water partition coefficient (Wildman–Crippen LogP) is 1.80. The van der Waals surface area contributed by atoms with E-state index in [9.17, 15) is 19.5 Å². The summed E-state index contributed by atoms with van der Waals surface area (Å²) in [4.78, 5) is 34.5. The van der Waals surface area contributed by atoms with Crippen molar-refractivity contribution in [1.29, 1.82) is 0 Å². The van der Waals surface area contributed by atoms with Crippen LogP contribution in [-0.4, -0.2) is 28.9 Å². The molecular formula is C16H22N2O4. The van der Waals surface area contributed by atoms with E-state index in [4.69, 9.17) is 0 Å². The fourth-order valence-corrected chi connectivity index (χ4v) is 2.07. The van der Waals surface area contributed by atoms with Crippen LogP contribution in [-0.2, 0) is 20.8 Å². The Labute approximate surface area is 129 Å². The number of carboxylic acid groups (broad SMARTS) is 1. The Morgan fingerprint density at radius 3 is 2.41 bits per heavy atom. The largest absolute Gasteiger partial charge is 0.480 e. The number of carboxylic acids is 1. The minimum absolute atomic E-state index is 0.0106. The first-order valence-corrected chi connectivity index (χ1v) is 7.22. The molecular weight excluding hydrogens is 284 g/mol. The number of benzene rings is 1. The lowest BCUT2D eigenvalue weighted by molar-refractivity contribution is -0.143. The second-order valence-electron chi connectivity index (χ2n) is 5.28. The van der Waals surface area contributed by atoms with Gasteiger partial charge >= 0.3 is 5.97 Å². The Kier molecular flexibility index (Phi) is 6.56. The summed E-state index contributed by atoms with van der Waals surface area (Å²) in [5.74, 6) is -1.81. The summed E-state index contributed by atoms with van der Waals surface area (Å²) in [6.45, 7) is 5.05. The number of carbonyl (C=O) groups excluding carboxylic acids is 2. The highest BCUT2D eigenvalue weighted by molar-refractivity contribution is 5.91. The summed E-state index contributed by atoms with van der Waals surface area (Å²) in [6.07, 6.45) is 0.663. The van der Waals surface area contributed by atoms with E-state index in [0.717, 1.165) is 0 Å². The average molecular weight is 306 g/mol. The molecule has 120 valence electrons. The first kappa shape index (κ1) is 17.7. The zero-order chi connectivity index (χ0) is 16.7. The summed E-state index contributed by atoms with van der Waals surface area (Å²) in [5, 5.41) is 14.4. The molecule has 2 atom stereocenters. The molecule has 2 amide bonds. The molecule has 0 radical (unpaired) electrons. The second kappa shape index (κ2) is 8.17. The van der Waals surface area contributed by atoms with Crippen LogP contribution in [0.1, 0.15) is 32.8 Å². The van der Waals surface area contributed by atoms with Gasteiger partial charge in [-0.2, -0.15) is 0 Å². The van der Waals surface area contributed by atoms with Crippen molar-refractivity contribution < 1.29 is 19.5 Å². The van der Waals surface area contributed by atoms with Crippen molar-refractivity contribution >= 4 is 23.5 Å². The SMILES string of the molecule is CC[C@H](C)[C@H](NC(=O)Cc1ccccc1NC(C)=O)C(=O)O. The van der Waals surface area contributed by atoms with E-state index in [1.165, 1.54) is 6.92 Å². The lowest BCUT2D eigenvalue weighted by Crippen LogP contribution is -2.45. The van der Waals surface area contributed by atoms with Crippen LogP contribution in [0.2, 0.25) is 0 Å². The van der Waals surface area contributed by atoms with Gasteiger partial charge in [0.15, 0.2) is 0 Å². The molecule has 0 fully saturated rings. The Morgan fingerprint density at radius 1 is 1.23 bits per heavy atom. The highest BCUT2D eigenvalue weighted by Crippen LogP contribution is 2.16. The molecule has 0 aliphatic carbocycles. The normalized spacial score (nSPS) is 13.0. The molecule has 0 saturated carbocycles. The van der Waals surface area contributed by atoms with Gasteiger partial charge in [0, 0.05) is 12.6 Å². The third kappa shape index (κ3) is 5.20. The number of para-hydroxylation sites is 1. The molecule has 0 unspecified atom stereocenters. The van der Waals surface area contributed by atoms with Crippen molar-refractivity contribution in [2.24, 2.45) is 5.92 Å². The maximum atomic E-state index is 12.1. The van der Waals surface area contributed by atoms with Crippen molar-refractivity contribution in [1.82, 2.24) is 5.32 Å². The van der Waals surface area contributed by atoms with Gasteiger partial charge in [-0.15, -0.1) is 0 Å². The summed E-state index contributed by atoms with van der Waals surface area (Å²) in [7, 11) is 0. The van der Waals surface area contributed by atoms with Crippen LogP contribution in [0.4, 0.5) is 5.69 Å². The predicted molar refractivity (Wildman–Crippen MR) is 83.5 cm³/mol. The molecule has 0 saturated heterocycles. The van der Waals surface area contributed by atoms with Gasteiger partial charge in [0.1, 0.15) is 6.04 Å². The topological polar surface area (TPSA) is 95.5 Å².